The Morgan fingerprint density at radius 1 is 1.45 bits per heavy atom. The Kier molecular flexibility index (Phi) is 4.11. The van der Waals surface area contributed by atoms with Crippen LogP contribution in [0.1, 0.15) is 6.92 Å². The van der Waals surface area contributed by atoms with Crippen LogP contribution >= 0.6 is 11.6 Å². The summed E-state index contributed by atoms with van der Waals surface area (Å²) in [6, 6.07) is 6.73. The summed E-state index contributed by atoms with van der Waals surface area (Å²) in [5.41, 5.74) is -1.01. The monoisotopic (exact) mass is 295 g/mol. The molecule has 0 bridgehead atoms. The van der Waals surface area contributed by atoms with Crippen LogP contribution in [-0.2, 0) is 0 Å². The van der Waals surface area contributed by atoms with E-state index in [9.17, 15) is 15.2 Å². The van der Waals surface area contributed by atoms with E-state index in [4.69, 9.17) is 16.3 Å². The summed E-state index contributed by atoms with van der Waals surface area (Å²) in [5.74, 6) is 0.200. The fourth-order valence-corrected chi connectivity index (χ4v) is 2.16. The molecule has 1 aliphatic carbocycles. The number of hydrogen-bond acceptors (Lipinski definition) is 4. The first kappa shape index (κ1) is 14.6. The van der Waals surface area contributed by atoms with Gasteiger partial charge in [0.25, 0.3) is 5.70 Å². The minimum Gasteiger partial charge on any atom is -0.480 e. The van der Waals surface area contributed by atoms with Crippen LogP contribution in [-0.4, -0.2) is 22.2 Å². The largest absolute Gasteiger partial charge is 0.480 e. The van der Waals surface area contributed by atoms with Gasteiger partial charge in [-0.05, 0) is 30.3 Å². The number of halogens is 1. The first-order chi connectivity index (χ1) is 9.47. The van der Waals surface area contributed by atoms with Crippen LogP contribution in [0.3, 0.4) is 0 Å². The summed E-state index contributed by atoms with van der Waals surface area (Å²) in [4.78, 5) is 10.3. The van der Waals surface area contributed by atoms with Gasteiger partial charge in [0, 0.05) is 23.1 Å². The molecule has 0 heterocycles. The van der Waals surface area contributed by atoms with Gasteiger partial charge in [0.05, 0.1) is 11.5 Å². The molecule has 2 unspecified atom stereocenters. The number of aliphatic hydroxyl groups excluding tert-OH is 1. The molecule has 1 aliphatic rings. The van der Waals surface area contributed by atoms with E-state index in [0.29, 0.717) is 10.8 Å². The van der Waals surface area contributed by atoms with Crippen molar-refractivity contribution in [2.24, 2.45) is 5.92 Å². The Morgan fingerprint density at radius 2 is 2.10 bits per heavy atom. The fourth-order valence-electron chi connectivity index (χ4n) is 2.03. The Labute approximate surface area is 121 Å². The maximum atomic E-state index is 10.8. The van der Waals surface area contributed by atoms with Crippen LogP contribution in [0, 0.1) is 16.0 Å². The van der Waals surface area contributed by atoms with Crippen molar-refractivity contribution < 1.29 is 14.8 Å². The Balaban J connectivity index is 2.25. The zero-order chi connectivity index (χ0) is 14.8. The summed E-state index contributed by atoms with van der Waals surface area (Å²) in [5, 5.41) is 21.0. The van der Waals surface area contributed by atoms with Gasteiger partial charge in [-0.3, -0.25) is 10.1 Å². The molecule has 20 heavy (non-hydrogen) atoms. The van der Waals surface area contributed by atoms with Crippen molar-refractivity contribution in [2.75, 3.05) is 6.61 Å². The van der Waals surface area contributed by atoms with E-state index >= 15 is 0 Å². The highest BCUT2D eigenvalue weighted by Gasteiger charge is 2.38. The first-order valence-corrected chi connectivity index (χ1v) is 6.45. The molecule has 0 aromatic heterocycles. The lowest BCUT2D eigenvalue weighted by Gasteiger charge is -2.35. The molecule has 106 valence electrons. The van der Waals surface area contributed by atoms with Gasteiger partial charge < -0.3 is 9.84 Å². The third-order valence-electron chi connectivity index (χ3n) is 3.31. The third-order valence-corrected chi connectivity index (χ3v) is 3.56. The van der Waals surface area contributed by atoms with E-state index in [1.165, 1.54) is 18.2 Å². The maximum absolute atomic E-state index is 10.8. The summed E-state index contributed by atoms with van der Waals surface area (Å²) < 4.78 is 5.82. The number of rotatable bonds is 4. The highest BCUT2D eigenvalue weighted by Crippen LogP contribution is 2.32. The predicted octanol–water partition coefficient (Wildman–Crippen LogP) is 2.82. The standard InChI is InChI=1S/C14H14ClNO4/c1-10-8-12(16(18)19)6-7-14(10,9-17)20-13-4-2-11(15)3-5-13/h2-8,10,17H,9H2,1H3. The van der Waals surface area contributed by atoms with Gasteiger partial charge in [-0.25, -0.2) is 0 Å². The van der Waals surface area contributed by atoms with Gasteiger partial charge in [-0.1, -0.05) is 18.5 Å². The molecule has 0 aliphatic heterocycles. The molecule has 0 saturated heterocycles. The fraction of sp³-hybridized carbons (Fsp3) is 0.286. The van der Waals surface area contributed by atoms with Crippen LogP contribution in [0.4, 0.5) is 0 Å². The number of nitrogens with zero attached hydrogens (tertiary/aromatic N) is 1. The van der Waals surface area contributed by atoms with E-state index in [2.05, 4.69) is 0 Å². The summed E-state index contributed by atoms with van der Waals surface area (Å²) in [6.07, 6.45) is 4.36. The second kappa shape index (κ2) is 5.64. The summed E-state index contributed by atoms with van der Waals surface area (Å²) in [6.45, 7) is 1.48. The zero-order valence-electron chi connectivity index (χ0n) is 10.8. The van der Waals surface area contributed by atoms with Crippen LogP contribution in [0.5, 0.6) is 5.75 Å². The van der Waals surface area contributed by atoms with Crippen molar-refractivity contribution in [1.82, 2.24) is 0 Å². The maximum Gasteiger partial charge on any atom is 0.265 e. The first-order valence-electron chi connectivity index (χ1n) is 6.08. The number of allylic oxidation sites excluding steroid dienone is 1. The Morgan fingerprint density at radius 3 is 2.60 bits per heavy atom. The highest BCUT2D eigenvalue weighted by molar-refractivity contribution is 6.30. The second-order valence-electron chi connectivity index (χ2n) is 4.64. The lowest BCUT2D eigenvalue weighted by Crippen LogP contribution is -2.45. The smallest absolute Gasteiger partial charge is 0.265 e. The van der Waals surface area contributed by atoms with E-state index in [1.54, 1.807) is 31.2 Å². The summed E-state index contributed by atoms with van der Waals surface area (Å²) in [7, 11) is 0. The number of ether oxygens (including phenoxy) is 1. The quantitative estimate of drug-likeness (QED) is 0.685. The molecule has 1 aromatic rings. The molecule has 0 fully saturated rings. The van der Waals surface area contributed by atoms with E-state index in [0.717, 1.165) is 0 Å². The molecule has 6 heteroatoms. The molecule has 0 amide bonds. The number of hydrogen-bond donors (Lipinski definition) is 1. The normalized spacial score (nSPS) is 25.1. The molecule has 5 nitrogen and oxygen atoms in total. The Bertz CT molecular complexity index is 567. The van der Waals surface area contributed by atoms with Crippen molar-refractivity contribution in [1.29, 1.82) is 0 Å². The highest BCUT2D eigenvalue weighted by atomic mass is 35.5. The zero-order valence-corrected chi connectivity index (χ0v) is 11.6. The van der Waals surface area contributed by atoms with Gasteiger partial charge in [-0.15, -0.1) is 0 Å². The topological polar surface area (TPSA) is 72.6 Å². The third kappa shape index (κ3) is 2.84. The van der Waals surface area contributed by atoms with Gasteiger partial charge in [0.15, 0.2) is 5.60 Å². The Hall–Kier alpha value is -1.85. The van der Waals surface area contributed by atoms with Gasteiger partial charge in [0.1, 0.15) is 5.75 Å². The summed E-state index contributed by atoms with van der Waals surface area (Å²) >= 11 is 5.80. The predicted molar refractivity (Wildman–Crippen MR) is 75.3 cm³/mol. The van der Waals surface area contributed by atoms with E-state index in [1.807, 2.05) is 0 Å². The molecular formula is C14H14ClNO4. The van der Waals surface area contributed by atoms with Crippen LogP contribution < -0.4 is 4.74 Å². The second-order valence-corrected chi connectivity index (χ2v) is 5.08. The van der Waals surface area contributed by atoms with Gasteiger partial charge in [-0.2, -0.15) is 0 Å². The van der Waals surface area contributed by atoms with Crippen LogP contribution in [0.15, 0.2) is 48.2 Å². The lowest BCUT2D eigenvalue weighted by atomic mass is 9.84. The number of benzene rings is 1. The SMILES string of the molecule is CC1C=C([N+](=O)[O-])C=CC1(CO)Oc1ccc(Cl)cc1. The van der Waals surface area contributed by atoms with Crippen LogP contribution in [0.2, 0.25) is 5.02 Å². The molecule has 2 atom stereocenters. The van der Waals surface area contributed by atoms with Crippen LogP contribution in [0.25, 0.3) is 0 Å². The average molecular weight is 296 g/mol. The van der Waals surface area contributed by atoms with Crippen molar-refractivity contribution in [3.63, 3.8) is 0 Å². The van der Waals surface area contributed by atoms with Crippen molar-refractivity contribution in [3.8, 4) is 5.75 Å². The molecule has 0 radical (unpaired) electrons. The molecule has 0 spiro atoms. The van der Waals surface area contributed by atoms with E-state index < -0.39 is 10.5 Å². The van der Waals surface area contributed by atoms with E-state index in [-0.39, 0.29) is 18.2 Å². The lowest BCUT2D eigenvalue weighted by molar-refractivity contribution is -0.420. The molecule has 0 saturated carbocycles. The molecule has 1 aromatic carbocycles. The van der Waals surface area contributed by atoms with Crippen molar-refractivity contribution >= 4 is 11.6 Å². The number of aliphatic hydroxyl groups is 1. The molecule has 1 N–H and O–H groups in total. The average Bonchev–Trinajstić information content (AvgIpc) is 2.43. The molecular weight excluding hydrogens is 282 g/mol. The minimum absolute atomic E-state index is 0.00119. The molecule has 2 rings (SSSR count). The van der Waals surface area contributed by atoms with Gasteiger partial charge >= 0.3 is 0 Å². The number of nitro groups is 1. The minimum atomic E-state index is -1.01. The van der Waals surface area contributed by atoms with Gasteiger partial charge in [0.2, 0.25) is 0 Å². The van der Waals surface area contributed by atoms with Crippen molar-refractivity contribution in [3.05, 3.63) is 63.3 Å². The van der Waals surface area contributed by atoms with Crippen molar-refractivity contribution in [2.45, 2.75) is 12.5 Å².